The third-order valence-corrected chi connectivity index (χ3v) is 2.84. The number of alkyl halides is 1. The average Bonchev–Trinajstić information content (AvgIpc) is 2.36. The van der Waals surface area contributed by atoms with Crippen molar-refractivity contribution in [2.45, 2.75) is 45.3 Å². The van der Waals surface area contributed by atoms with Crippen LogP contribution in [-0.4, -0.2) is 11.7 Å². The van der Waals surface area contributed by atoms with Crippen LogP contribution in [0.5, 0.6) is 0 Å². The molecule has 60 valence electrons. The minimum absolute atomic E-state index is 0.00694. The molecule has 0 aromatic carbocycles. The molecule has 1 unspecified atom stereocenters. The molecule has 10 heavy (non-hydrogen) atoms. The van der Waals surface area contributed by atoms with Crippen molar-refractivity contribution in [1.82, 2.24) is 0 Å². The molecule has 0 aromatic heterocycles. The maximum Gasteiger partial charge on any atom is 0.112 e. The minimum atomic E-state index is -1.10. The molecule has 0 aromatic rings. The maximum atomic E-state index is 13.4. The van der Waals surface area contributed by atoms with Crippen molar-refractivity contribution in [3.8, 4) is 0 Å². The van der Waals surface area contributed by atoms with E-state index in [1.165, 1.54) is 0 Å². The monoisotopic (exact) mass is 145 g/mol. The summed E-state index contributed by atoms with van der Waals surface area (Å²) in [6, 6.07) is -0.00694. The Morgan fingerprint density at radius 2 is 1.90 bits per heavy atom. The number of nitrogens with two attached hydrogens (primary N) is 1. The highest BCUT2D eigenvalue weighted by molar-refractivity contribution is 5.08. The summed E-state index contributed by atoms with van der Waals surface area (Å²) in [5.41, 5.74) is 4.38. The van der Waals surface area contributed by atoms with Gasteiger partial charge in [0.15, 0.2) is 0 Å². The zero-order valence-corrected chi connectivity index (χ0v) is 6.95. The number of rotatable bonds is 2. The molecule has 0 radical (unpaired) electrons. The zero-order valence-electron chi connectivity index (χ0n) is 6.95. The molecule has 1 saturated carbocycles. The number of halogens is 1. The van der Waals surface area contributed by atoms with Gasteiger partial charge in [-0.05, 0) is 33.6 Å². The predicted octanol–water partition coefficient (Wildman–Crippen LogP) is 1.86. The third kappa shape index (κ3) is 0.947. The van der Waals surface area contributed by atoms with Crippen molar-refractivity contribution >= 4 is 0 Å². The molecule has 0 amide bonds. The van der Waals surface area contributed by atoms with Gasteiger partial charge in [0, 0.05) is 11.5 Å². The average molecular weight is 145 g/mol. The van der Waals surface area contributed by atoms with E-state index in [-0.39, 0.29) is 11.5 Å². The summed E-state index contributed by atoms with van der Waals surface area (Å²) in [6.07, 6.45) is 1.91. The van der Waals surface area contributed by atoms with Gasteiger partial charge in [-0.2, -0.15) is 0 Å². The second-order valence-electron chi connectivity index (χ2n) is 3.92. The fourth-order valence-electron chi connectivity index (χ4n) is 1.73. The summed E-state index contributed by atoms with van der Waals surface area (Å²) in [4.78, 5) is 0. The van der Waals surface area contributed by atoms with E-state index in [9.17, 15) is 4.39 Å². The van der Waals surface area contributed by atoms with Crippen molar-refractivity contribution in [2.75, 3.05) is 0 Å². The molecule has 2 N–H and O–H groups in total. The molecular weight excluding hydrogens is 129 g/mol. The molecule has 0 bridgehead atoms. The summed E-state index contributed by atoms with van der Waals surface area (Å²) < 4.78 is 13.4. The van der Waals surface area contributed by atoms with Gasteiger partial charge in [0.05, 0.1) is 0 Å². The Bertz CT molecular complexity index is 131. The van der Waals surface area contributed by atoms with Gasteiger partial charge in [-0.1, -0.05) is 0 Å². The molecule has 1 aliphatic rings. The van der Waals surface area contributed by atoms with Crippen LogP contribution < -0.4 is 5.73 Å². The van der Waals surface area contributed by atoms with Crippen LogP contribution in [0.2, 0.25) is 0 Å². The number of hydrogen-bond donors (Lipinski definition) is 1. The van der Waals surface area contributed by atoms with E-state index in [1.807, 2.05) is 6.92 Å². The quantitative estimate of drug-likeness (QED) is 0.630. The van der Waals surface area contributed by atoms with Crippen LogP contribution in [0.25, 0.3) is 0 Å². The van der Waals surface area contributed by atoms with Crippen LogP contribution in [-0.2, 0) is 0 Å². The topological polar surface area (TPSA) is 26.0 Å². The fraction of sp³-hybridized carbons (Fsp3) is 1.00. The highest BCUT2D eigenvalue weighted by Crippen LogP contribution is 2.57. The standard InChI is InChI=1S/C8H16FN/c1-6(10)8(4-5-8)7(2,3)9/h6H,4-5,10H2,1-3H3. The van der Waals surface area contributed by atoms with E-state index in [0.29, 0.717) is 0 Å². The van der Waals surface area contributed by atoms with Crippen molar-refractivity contribution in [2.24, 2.45) is 11.1 Å². The third-order valence-electron chi connectivity index (χ3n) is 2.84. The van der Waals surface area contributed by atoms with Gasteiger partial charge in [0.1, 0.15) is 5.67 Å². The van der Waals surface area contributed by atoms with E-state index in [2.05, 4.69) is 0 Å². The molecule has 1 fully saturated rings. The molecule has 0 saturated heterocycles. The van der Waals surface area contributed by atoms with Crippen molar-refractivity contribution in [3.63, 3.8) is 0 Å². The lowest BCUT2D eigenvalue weighted by molar-refractivity contribution is 0.0886. The molecule has 0 heterocycles. The summed E-state index contributed by atoms with van der Waals surface area (Å²) in [5.74, 6) is 0. The Morgan fingerprint density at radius 3 is 1.90 bits per heavy atom. The molecule has 1 aliphatic carbocycles. The van der Waals surface area contributed by atoms with E-state index in [1.54, 1.807) is 13.8 Å². The first-order valence-electron chi connectivity index (χ1n) is 3.85. The molecule has 1 atom stereocenters. The van der Waals surface area contributed by atoms with Crippen LogP contribution in [0.15, 0.2) is 0 Å². The van der Waals surface area contributed by atoms with E-state index >= 15 is 0 Å². The van der Waals surface area contributed by atoms with Gasteiger partial charge < -0.3 is 5.73 Å². The van der Waals surface area contributed by atoms with Gasteiger partial charge in [-0.25, -0.2) is 4.39 Å². The smallest absolute Gasteiger partial charge is 0.112 e. The van der Waals surface area contributed by atoms with Crippen LogP contribution in [0.3, 0.4) is 0 Å². The van der Waals surface area contributed by atoms with Gasteiger partial charge in [-0.15, -0.1) is 0 Å². The summed E-state index contributed by atoms with van der Waals surface area (Å²) in [7, 11) is 0. The van der Waals surface area contributed by atoms with Gasteiger partial charge >= 0.3 is 0 Å². The lowest BCUT2D eigenvalue weighted by atomic mass is 9.84. The van der Waals surface area contributed by atoms with Gasteiger partial charge in [-0.3, -0.25) is 0 Å². The zero-order chi connectivity index (χ0) is 7.99. The molecule has 2 heteroatoms. The van der Waals surface area contributed by atoms with Crippen LogP contribution in [0.1, 0.15) is 33.6 Å². The van der Waals surface area contributed by atoms with Crippen molar-refractivity contribution in [1.29, 1.82) is 0 Å². The molecular formula is C8H16FN. The summed E-state index contributed by atoms with van der Waals surface area (Å²) >= 11 is 0. The summed E-state index contributed by atoms with van der Waals surface area (Å²) in [5, 5.41) is 0. The largest absolute Gasteiger partial charge is 0.327 e. The van der Waals surface area contributed by atoms with Crippen LogP contribution >= 0.6 is 0 Å². The first-order chi connectivity index (χ1) is 4.40. The SMILES string of the molecule is CC(N)C1(C(C)(C)F)CC1. The first-order valence-corrected chi connectivity index (χ1v) is 3.85. The number of hydrogen-bond acceptors (Lipinski definition) is 1. The Balaban J connectivity index is 2.70. The lowest BCUT2D eigenvalue weighted by Crippen LogP contribution is -2.41. The molecule has 0 spiro atoms. The molecule has 1 nitrogen and oxygen atoms in total. The Morgan fingerprint density at radius 1 is 1.50 bits per heavy atom. The minimum Gasteiger partial charge on any atom is -0.327 e. The second kappa shape index (κ2) is 1.94. The second-order valence-corrected chi connectivity index (χ2v) is 3.92. The van der Waals surface area contributed by atoms with Crippen molar-refractivity contribution in [3.05, 3.63) is 0 Å². The summed E-state index contributed by atoms with van der Waals surface area (Å²) in [6.45, 7) is 5.15. The Hall–Kier alpha value is -0.110. The Kier molecular flexibility index (Phi) is 1.55. The Labute approximate surface area is 61.8 Å². The lowest BCUT2D eigenvalue weighted by Gasteiger charge is -2.30. The van der Waals surface area contributed by atoms with Gasteiger partial charge in [0.2, 0.25) is 0 Å². The van der Waals surface area contributed by atoms with Crippen LogP contribution in [0.4, 0.5) is 4.39 Å². The van der Waals surface area contributed by atoms with E-state index in [4.69, 9.17) is 5.73 Å². The van der Waals surface area contributed by atoms with Crippen molar-refractivity contribution < 1.29 is 4.39 Å². The van der Waals surface area contributed by atoms with E-state index < -0.39 is 5.67 Å². The van der Waals surface area contributed by atoms with E-state index in [0.717, 1.165) is 12.8 Å². The van der Waals surface area contributed by atoms with Gasteiger partial charge in [0.25, 0.3) is 0 Å². The fourth-order valence-corrected chi connectivity index (χ4v) is 1.73. The molecule has 1 rings (SSSR count). The molecule has 0 aliphatic heterocycles. The maximum absolute atomic E-state index is 13.4. The van der Waals surface area contributed by atoms with Crippen LogP contribution in [0, 0.1) is 5.41 Å². The normalized spacial score (nSPS) is 26.1. The predicted molar refractivity (Wildman–Crippen MR) is 40.5 cm³/mol. The highest BCUT2D eigenvalue weighted by atomic mass is 19.1. The highest BCUT2D eigenvalue weighted by Gasteiger charge is 2.57. The first kappa shape index (κ1) is 7.99.